The first-order valence-corrected chi connectivity index (χ1v) is 7.64. The third kappa shape index (κ3) is 4.28. The molecule has 1 amide bonds. The third-order valence-corrected chi connectivity index (χ3v) is 3.50. The minimum absolute atomic E-state index is 0.180. The summed E-state index contributed by atoms with van der Waals surface area (Å²) in [6, 6.07) is 9.40. The number of carbonyl (C=O) groups is 1. The van der Waals surface area contributed by atoms with E-state index in [-0.39, 0.29) is 11.8 Å². The molecule has 0 radical (unpaired) electrons. The molecule has 0 saturated carbocycles. The van der Waals surface area contributed by atoms with Gasteiger partial charge in [-0.1, -0.05) is 6.07 Å². The van der Waals surface area contributed by atoms with E-state index in [9.17, 15) is 4.79 Å². The zero-order valence-electron chi connectivity index (χ0n) is 13.1. The predicted octanol–water partition coefficient (Wildman–Crippen LogP) is 3.79. The van der Waals surface area contributed by atoms with E-state index in [1.165, 1.54) is 0 Å². The Morgan fingerprint density at radius 2 is 1.91 bits per heavy atom. The Hall–Kier alpha value is -1.94. The summed E-state index contributed by atoms with van der Waals surface area (Å²) in [6.45, 7) is 4.96. The fraction of sp³-hybridized carbons (Fsp3) is 0.353. The molecule has 4 nitrogen and oxygen atoms in total. The molecule has 1 aromatic heterocycles. The minimum atomic E-state index is -0.180. The number of benzene rings is 1. The summed E-state index contributed by atoms with van der Waals surface area (Å²) >= 11 is 5.66. The van der Waals surface area contributed by atoms with Crippen LogP contribution in [0, 0.1) is 13.8 Å². The van der Waals surface area contributed by atoms with Crippen LogP contribution >= 0.6 is 11.6 Å². The van der Waals surface area contributed by atoms with Gasteiger partial charge in [-0.25, -0.2) is 0 Å². The fourth-order valence-electron chi connectivity index (χ4n) is 2.17. The quantitative estimate of drug-likeness (QED) is 0.760. The Bertz CT molecular complexity index is 631. The zero-order chi connectivity index (χ0) is 16.1. The van der Waals surface area contributed by atoms with Gasteiger partial charge in [-0.2, -0.15) is 0 Å². The van der Waals surface area contributed by atoms with Crippen LogP contribution in [0.4, 0.5) is 0 Å². The molecule has 1 heterocycles. The largest absolute Gasteiger partial charge is 0.492 e. The number of aryl methyl sites for hydroxylation is 2. The molecule has 0 unspecified atom stereocenters. The molecule has 5 heteroatoms. The maximum atomic E-state index is 12.2. The molecule has 0 aliphatic carbocycles. The Morgan fingerprint density at radius 3 is 2.50 bits per heavy atom. The monoisotopic (exact) mass is 321 g/mol. The van der Waals surface area contributed by atoms with Gasteiger partial charge in [-0.05, 0) is 49.2 Å². The summed E-state index contributed by atoms with van der Waals surface area (Å²) in [4.78, 5) is 13.7. The van der Waals surface area contributed by atoms with E-state index >= 15 is 0 Å². The van der Waals surface area contributed by atoms with Crippen molar-refractivity contribution in [2.45, 2.75) is 19.7 Å². The van der Waals surface area contributed by atoms with Crippen LogP contribution in [0.15, 0.2) is 34.7 Å². The molecule has 0 spiro atoms. The minimum Gasteiger partial charge on any atom is -0.492 e. The Balaban J connectivity index is 1.86. The molecule has 22 heavy (non-hydrogen) atoms. The number of carbonyl (C=O) groups excluding carboxylic acids is 1. The summed E-state index contributed by atoms with van der Waals surface area (Å²) in [5.41, 5.74) is 2.31. The van der Waals surface area contributed by atoms with Gasteiger partial charge in [0.2, 0.25) is 0 Å². The van der Waals surface area contributed by atoms with Crippen LogP contribution in [0.1, 0.15) is 27.4 Å². The van der Waals surface area contributed by atoms with Gasteiger partial charge >= 0.3 is 0 Å². The van der Waals surface area contributed by atoms with Crippen LogP contribution in [-0.2, 0) is 5.88 Å². The lowest BCUT2D eigenvalue weighted by molar-refractivity contribution is 0.0741. The van der Waals surface area contributed by atoms with Crippen molar-refractivity contribution in [3.8, 4) is 5.75 Å². The van der Waals surface area contributed by atoms with Gasteiger partial charge in [-0.3, -0.25) is 4.79 Å². The van der Waals surface area contributed by atoms with Crippen molar-refractivity contribution in [1.82, 2.24) is 4.90 Å². The van der Waals surface area contributed by atoms with Crippen LogP contribution < -0.4 is 4.74 Å². The molecule has 0 fully saturated rings. The molecule has 0 bridgehead atoms. The summed E-state index contributed by atoms with van der Waals surface area (Å²) in [5, 5.41) is 0. The molecule has 2 rings (SSSR count). The topological polar surface area (TPSA) is 42.7 Å². The van der Waals surface area contributed by atoms with Crippen LogP contribution in [0.3, 0.4) is 0 Å². The summed E-state index contributed by atoms with van der Waals surface area (Å²) < 4.78 is 11.1. The highest BCUT2D eigenvalue weighted by Gasteiger charge is 2.15. The molecular weight excluding hydrogens is 302 g/mol. The van der Waals surface area contributed by atoms with E-state index in [4.69, 9.17) is 20.8 Å². The number of amides is 1. The number of likely N-dealkylation sites (N-methyl/N-ethyl adjacent to an activating group) is 1. The first-order valence-electron chi connectivity index (χ1n) is 7.11. The van der Waals surface area contributed by atoms with Gasteiger partial charge in [0.15, 0.2) is 5.76 Å². The van der Waals surface area contributed by atoms with Gasteiger partial charge in [-0.15, -0.1) is 11.6 Å². The first-order chi connectivity index (χ1) is 10.5. The lowest BCUT2D eigenvalue weighted by Crippen LogP contribution is -2.30. The molecule has 0 aliphatic rings. The van der Waals surface area contributed by atoms with Crippen molar-refractivity contribution >= 4 is 17.5 Å². The summed E-state index contributed by atoms with van der Waals surface area (Å²) in [5.74, 6) is 1.78. The third-order valence-electron chi connectivity index (χ3n) is 3.24. The molecule has 0 atom stereocenters. The number of ether oxygens (including phenoxy) is 1. The Labute approximate surface area is 135 Å². The molecular formula is C17H20ClNO3. The van der Waals surface area contributed by atoms with Gasteiger partial charge in [0.05, 0.1) is 12.4 Å². The average Bonchev–Trinajstić information content (AvgIpc) is 2.94. The normalized spacial score (nSPS) is 10.5. The highest BCUT2D eigenvalue weighted by atomic mass is 35.5. The number of hydrogen-bond acceptors (Lipinski definition) is 3. The molecule has 2 aromatic rings. The highest BCUT2D eigenvalue weighted by molar-refractivity contribution is 6.16. The standard InChI is InChI=1S/C17H20ClNO3/c1-12-8-13(2)10-15(9-12)21-7-6-19(3)17(20)16-5-4-14(11-18)22-16/h4-5,8-10H,6-7,11H2,1-3H3. The number of alkyl halides is 1. The summed E-state index contributed by atoms with van der Waals surface area (Å²) in [7, 11) is 1.72. The zero-order valence-corrected chi connectivity index (χ0v) is 13.8. The van der Waals surface area contributed by atoms with E-state index in [0.29, 0.717) is 24.7 Å². The second-order valence-corrected chi connectivity index (χ2v) is 5.57. The van der Waals surface area contributed by atoms with E-state index < -0.39 is 0 Å². The lowest BCUT2D eigenvalue weighted by Gasteiger charge is -2.16. The smallest absolute Gasteiger partial charge is 0.289 e. The van der Waals surface area contributed by atoms with Crippen molar-refractivity contribution in [1.29, 1.82) is 0 Å². The highest BCUT2D eigenvalue weighted by Crippen LogP contribution is 2.16. The molecule has 0 saturated heterocycles. The lowest BCUT2D eigenvalue weighted by atomic mass is 10.1. The Morgan fingerprint density at radius 1 is 1.23 bits per heavy atom. The van der Waals surface area contributed by atoms with Crippen LogP contribution in [0.25, 0.3) is 0 Å². The predicted molar refractivity (Wildman–Crippen MR) is 86.6 cm³/mol. The SMILES string of the molecule is Cc1cc(C)cc(OCCN(C)C(=O)c2ccc(CCl)o2)c1. The molecule has 0 aliphatic heterocycles. The number of halogens is 1. The van der Waals surface area contributed by atoms with Gasteiger partial charge in [0.25, 0.3) is 5.91 Å². The van der Waals surface area contributed by atoms with E-state index in [1.54, 1.807) is 24.1 Å². The summed E-state index contributed by atoms with van der Waals surface area (Å²) in [6.07, 6.45) is 0. The number of nitrogens with zero attached hydrogens (tertiary/aromatic N) is 1. The maximum absolute atomic E-state index is 12.2. The second-order valence-electron chi connectivity index (χ2n) is 5.30. The van der Waals surface area contributed by atoms with E-state index in [0.717, 1.165) is 16.9 Å². The van der Waals surface area contributed by atoms with Crippen molar-refractivity contribution in [2.75, 3.05) is 20.2 Å². The average molecular weight is 322 g/mol. The van der Waals surface area contributed by atoms with Gasteiger partial charge < -0.3 is 14.1 Å². The fourth-order valence-corrected chi connectivity index (χ4v) is 2.31. The first kappa shape index (κ1) is 16.4. The van der Waals surface area contributed by atoms with Crippen molar-refractivity contribution in [3.05, 3.63) is 53.0 Å². The number of furan rings is 1. The Kier molecular flexibility index (Phi) is 5.50. The van der Waals surface area contributed by atoms with Crippen LogP contribution in [0.5, 0.6) is 5.75 Å². The second kappa shape index (κ2) is 7.36. The van der Waals surface area contributed by atoms with Crippen molar-refractivity contribution in [2.24, 2.45) is 0 Å². The number of hydrogen-bond donors (Lipinski definition) is 0. The molecule has 0 N–H and O–H groups in total. The van der Waals surface area contributed by atoms with Crippen molar-refractivity contribution < 1.29 is 13.9 Å². The van der Waals surface area contributed by atoms with Crippen LogP contribution in [-0.4, -0.2) is 31.0 Å². The van der Waals surface area contributed by atoms with Crippen LogP contribution in [0.2, 0.25) is 0 Å². The van der Waals surface area contributed by atoms with Gasteiger partial charge in [0.1, 0.15) is 18.1 Å². The van der Waals surface area contributed by atoms with E-state index in [2.05, 4.69) is 6.07 Å². The van der Waals surface area contributed by atoms with Crippen molar-refractivity contribution in [3.63, 3.8) is 0 Å². The van der Waals surface area contributed by atoms with Gasteiger partial charge in [0, 0.05) is 7.05 Å². The van der Waals surface area contributed by atoms with E-state index in [1.807, 2.05) is 26.0 Å². The molecule has 118 valence electrons. The maximum Gasteiger partial charge on any atom is 0.289 e. The number of rotatable bonds is 6. The molecule has 1 aromatic carbocycles.